The molecule has 1 heteroatoms. The van der Waals surface area contributed by atoms with E-state index in [1.54, 1.807) is 0 Å². The van der Waals surface area contributed by atoms with E-state index in [1.165, 1.54) is 5.56 Å². The SMILES string of the molecule is CCC(Cc1ccccc1)C(O)C(C)C. The number of hydrogen-bond acceptors (Lipinski definition) is 1. The van der Waals surface area contributed by atoms with Crippen LogP contribution in [0.5, 0.6) is 0 Å². The van der Waals surface area contributed by atoms with Crippen LogP contribution < -0.4 is 0 Å². The van der Waals surface area contributed by atoms with Crippen LogP contribution in [0.15, 0.2) is 30.3 Å². The minimum atomic E-state index is -0.185. The first-order valence-corrected chi connectivity index (χ1v) is 5.87. The molecule has 1 aromatic carbocycles. The van der Waals surface area contributed by atoms with E-state index in [2.05, 4.69) is 45.0 Å². The molecule has 0 saturated carbocycles. The van der Waals surface area contributed by atoms with E-state index < -0.39 is 0 Å². The number of aliphatic hydroxyl groups is 1. The van der Waals surface area contributed by atoms with Crippen LogP contribution in [-0.2, 0) is 6.42 Å². The summed E-state index contributed by atoms with van der Waals surface area (Å²) in [5.41, 5.74) is 1.32. The quantitative estimate of drug-likeness (QED) is 0.784. The first-order chi connectivity index (χ1) is 7.15. The number of hydrogen-bond donors (Lipinski definition) is 1. The van der Waals surface area contributed by atoms with Crippen molar-refractivity contribution in [2.24, 2.45) is 11.8 Å². The third-order valence-electron chi connectivity index (χ3n) is 3.03. The molecule has 0 fully saturated rings. The molecule has 0 aliphatic rings. The highest BCUT2D eigenvalue weighted by Gasteiger charge is 2.20. The molecule has 1 nitrogen and oxygen atoms in total. The summed E-state index contributed by atoms with van der Waals surface area (Å²) in [5, 5.41) is 10.0. The molecule has 0 heterocycles. The van der Waals surface area contributed by atoms with Crippen molar-refractivity contribution in [1.29, 1.82) is 0 Å². The lowest BCUT2D eigenvalue weighted by atomic mass is 9.86. The Hall–Kier alpha value is -0.820. The Labute approximate surface area is 93.1 Å². The Morgan fingerprint density at radius 1 is 1.13 bits per heavy atom. The molecule has 1 N–H and O–H groups in total. The van der Waals surface area contributed by atoms with Gasteiger partial charge in [-0.25, -0.2) is 0 Å². The van der Waals surface area contributed by atoms with Crippen molar-refractivity contribution < 1.29 is 5.11 Å². The van der Waals surface area contributed by atoms with Gasteiger partial charge in [0.2, 0.25) is 0 Å². The minimum absolute atomic E-state index is 0.185. The highest BCUT2D eigenvalue weighted by molar-refractivity contribution is 5.15. The lowest BCUT2D eigenvalue weighted by molar-refractivity contribution is 0.0624. The average Bonchev–Trinajstić information content (AvgIpc) is 2.26. The van der Waals surface area contributed by atoms with E-state index in [0.29, 0.717) is 11.8 Å². The third kappa shape index (κ3) is 3.67. The van der Waals surface area contributed by atoms with Crippen LogP contribution in [0.4, 0.5) is 0 Å². The molecule has 2 unspecified atom stereocenters. The number of benzene rings is 1. The topological polar surface area (TPSA) is 20.2 Å². The Morgan fingerprint density at radius 2 is 1.73 bits per heavy atom. The zero-order valence-electron chi connectivity index (χ0n) is 9.98. The smallest absolute Gasteiger partial charge is 0.0594 e. The molecule has 0 amide bonds. The maximum absolute atomic E-state index is 10.0. The Balaban J connectivity index is 2.62. The largest absolute Gasteiger partial charge is 0.393 e. The van der Waals surface area contributed by atoms with Gasteiger partial charge in [0.25, 0.3) is 0 Å². The summed E-state index contributed by atoms with van der Waals surface area (Å²) in [4.78, 5) is 0. The molecular formula is C14H22O. The summed E-state index contributed by atoms with van der Waals surface area (Å²) < 4.78 is 0. The summed E-state index contributed by atoms with van der Waals surface area (Å²) in [6.07, 6.45) is 1.83. The fourth-order valence-corrected chi connectivity index (χ4v) is 1.97. The summed E-state index contributed by atoms with van der Waals surface area (Å²) in [6, 6.07) is 10.4. The van der Waals surface area contributed by atoms with Gasteiger partial charge in [-0.1, -0.05) is 57.5 Å². The van der Waals surface area contributed by atoms with E-state index in [9.17, 15) is 5.11 Å². The number of rotatable bonds is 5. The standard InChI is InChI=1S/C14H22O/c1-4-13(14(15)11(2)3)10-12-8-6-5-7-9-12/h5-9,11,13-15H,4,10H2,1-3H3. The van der Waals surface area contributed by atoms with Gasteiger partial charge in [0.15, 0.2) is 0 Å². The van der Waals surface area contributed by atoms with Gasteiger partial charge in [-0.15, -0.1) is 0 Å². The van der Waals surface area contributed by atoms with Crippen LogP contribution >= 0.6 is 0 Å². The van der Waals surface area contributed by atoms with Crippen LogP contribution in [0.25, 0.3) is 0 Å². The summed E-state index contributed by atoms with van der Waals surface area (Å²) in [6.45, 7) is 6.32. The molecule has 0 bridgehead atoms. The fraction of sp³-hybridized carbons (Fsp3) is 0.571. The Bertz CT molecular complexity index is 266. The normalized spacial score (nSPS) is 15.3. The maximum atomic E-state index is 10.0. The van der Waals surface area contributed by atoms with E-state index in [4.69, 9.17) is 0 Å². The molecule has 1 rings (SSSR count). The van der Waals surface area contributed by atoms with E-state index in [1.807, 2.05) is 6.07 Å². The monoisotopic (exact) mass is 206 g/mol. The van der Waals surface area contributed by atoms with E-state index in [0.717, 1.165) is 12.8 Å². The maximum Gasteiger partial charge on any atom is 0.0594 e. The van der Waals surface area contributed by atoms with Crippen molar-refractivity contribution in [1.82, 2.24) is 0 Å². The van der Waals surface area contributed by atoms with Crippen LogP contribution in [0.1, 0.15) is 32.8 Å². The van der Waals surface area contributed by atoms with Crippen LogP contribution in [-0.4, -0.2) is 11.2 Å². The Morgan fingerprint density at radius 3 is 2.20 bits per heavy atom. The highest BCUT2D eigenvalue weighted by Crippen LogP contribution is 2.20. The summed E-state index contributed by atoms with van der Waals surface area (Å²) >= 11 is 0. The highest BCUT2D eigenvalue weighted by atomic mass is 16.3. The predicted molar refractivity (Wildman–Crippen MR) is 64.8 cm³/mol. The minimum Gasteiger partial charge on any atom is -0.393 e. The molecule has 0 aromatic heterocycles. The second-order valence-corrected chi connectivity index (χ2v) is 4.59. The van der Waals surface area contributed by atoms with Gasteiger partial charge in [0.1, 0.15) is 0 Å². The third-order valence-corrected chi connectivity index (χ3v) is 3.03. The lowest BCUT2D eigenvalue weighted by Crippen LogP contribution is -2.27. The summed E-state index contributed by atoms with van der Waals surface area (Å²) in [7, 11) is 0. The molecule has 15 heavy (non-hydrogen) atoms. The van der Waals surface area contributed by atoms with Crippen molar-refractivity contribution in [2.45, 2.75) is 39.7 Å². The second kappa shape index (κ2) is 5.92. The van der Waals surface area contributed by atoms with Crippen molar-refractivity contribution in [2.75, 3.05) is 0 Å². The molecule has 0 spiro atoms. The van der Waals surface area contributed by atoms with Gasteiger partial charge in [-0.3, -0.25) is 0 Å². The van der Waals surface area contributed by atoms with Crippen molar-refractivity contribution in [3.63, 3.8) is 0 Å². The van der Waals surface area contributed by atoms with Gasteiger partial charge in [-0.2, -0.15) is 0 Å². The van der Waals surface area contributed by atoms with E-state index in [-0.39, 0.29) is 6.10 Å². The van der Waals surface area contributed by atoms with Gasteiger partial charge in [0.05, 0.1) is 6.10 Å². The predicted octanol–water partition coefficient (Wildman–Crippen LogP) is 3.27. The molecule has 0 radical (unpaired) electrons. The van der Waals surface area contributed by atoms with Gasteiger partial charge in [0, 0.05) is 0 Å². The molecule has 0 aliphatic carbocycles. The number of aliphatic hydroxyl groups excluding tert-OH is 1. The molecule has 0 saturated heterocycles. The first kappa shape index (κ1) is 12.3. The van der Waals surface area contributed by atoms with E-state index >= 15 is 0 Å². The second-order valence-electron chi connectivity index (χ2n) is 4.59. The first-order valence-electron chi connectivity index (χ1n) is 5.87. The van der Waals surface area contributed by atoms with Crippen molar-refractivity contribution >= 4 is 0 Å². The van der Waals surface area contributed by atoms with Gasteiger partial charge >= 0.3 is 0 Å². The van der Waals surface area contributed by atoms with Gasteiger partial charge in [-0.05, 0) is 23.8 Å². The van der Waals surface area contributed by atoms with Gasteiger partial charge < -0.3 is 5.11 Å². The molecule has 2 atom stereocenters. The zero-order valence-corrected chi connectivity index (χ0v) is 9.98. The fourth-order valence-electron chi connectivity index (χ4n) is 1.97. The zero-order chi connectivity index (χ0) is 11.3. The van der Waals surface area contributed by atoms with Crippen LogP contribution in [0, 0.1) is 11.8 Å². The molecule has 0 aliphatic heterocycles. The molecule has 1 aromatic rings. The Kier molecular flexibility index (Phi) is 4.83. The van der Waals surface area contributed by atoms with Crippen LogP contribution in [0.3, 0.4) is 0 Å². The van der Waals surface area contributed by atoms with Crippen LogP contribution in [0.2, 0.25) is 0 Å². The van der Waals surface area contributed by atoms with Crippen molar-refractivity contribution in [3.05, 3.63) is 35.9 Å². The average molecular weight is 206 g/mol. The molecular weight excluding hydrogens is 184 g/mol. The molecule has 84 valence electrons. The lowest BCUT2D eigenvalue weighted by Gasteiger charge is -2.24. The van der Waals surface area contributed by atoms with Crippen molar-refractivity contribution in [3.8, 4) is 0 Å². The summed E-state index contributed by atoms with van der Waals surface area (Å²) in [5.74, 6) is 0.728.